The minimum absolute atomic E-state index is 0.0157. The van der Waals surface area contributed by atoms with Crippen molar-refractivity contribution < 1.29 is 14.1 Å². The molecule has 0 saturated carbocycles. The molecule has 2 aromatic rings. The first-order valence-corrected chi connectivity index (χ1v) is 12.0. The third kappa shape index (κ3) is 3.22. The average molecular weight is 448 g/mol. The molecular weight excluding hydrogens is 422 g/mol. The summed E-state index contributed by atoms with van der Waals surface area (Å²) in [6.07, 6.45) is 3.88. The highest BCUT2D eigenvalue weighted by Gasteiger charge is 2.63. The van der Waals surface area contributed by atoms with Crippen LogP contribution in [0.25, 0.3) is 10.6 Å². The number of nitrogens with zero attached hydrogens (tertiary/aromatic N) is 3. The van der Waals surface area contributed by atoms with Crippen LogP contribution in [-0.2, 0) is 9.59 Å². The van der Waals surface area contributed by atoms with Crippen molar-refractivity contribution in [3.63, 3.8) is 0 Å². The molecule has 3 aliphatic heterocycles. The Labute approximate surface area is 185 Å². The Morgan fingerprint density at radius 1 is 1.27 bits per heavy atom. The van der Waals surface area contributed by atoms with E-state index in [1.54, 1.807) is 0 Å². The molecule has 0 aromatic carbocycles. The molecule has 0 spiro atoms. The van der Waals surface area contributed by atoms with Crippen molar-refractivity contribution in [2.75, 3.05) is 13.1 Å². The largest absolute Gasteiger partial charge is 0.355 e. The van der Waals surface area contributed by atoms with E-state index in [4.69, 9.17) is 16.1 Å². The number of halogens is 1. The third-order valence-electron chi connectivity index (χ3n) is 6.75. The molecule has 0 N–H and O–H groups in total. The molecule has 160 valence electrons. The maximum atomic E-state index is 13.4. The van der Waals surface area contributed by atoms with Gasteiger partial charge in [-0.05, 0) is 50.3 Å². The molecular formula is C22H26ClN3O3S. The van der Waals surface area contributed by atoms with Gasteiger partial charge in [0.25, 0.3) is 0 Å². The molecule has 0 aliphatic carbocycles. The minimum atomic E-state index is -0.355. The summed E-state index contributed by atoms with van der Waals surface area (Å²) < 4.78 is 6.31. The molecule has 2 amide bonds. The number of amides is 2. The lowest BCUT2D eigenvalue weighted by molar-refractivity contribution is -0.141. The molecule has 0 bridgehead atoms. The fourth-order valence-corrected chi connectivity index (χ4v) is 6.48. The highest BCUT2D eigenvalue weighted by Crippen LogP contribution is 2.53. The zero-order valence-corrected chi connectivity index (χ0v) is 18.8. The van der Waals surface area contributed by atoms with Crippen molar-refractivity contribution >= 4 is 34.8 Å². The van der Waals surface area contributed by atoms with Crippen LogP contribution in [0.3, 0.4) is 0 Å². The van der Waals surface area contributed by atoms with Crippen LogP contribution in [-0.4, -0.2) is 45.9 Å². The van der Waals surface area contributed by atoms with Crippen LogP contribution < -0.4 is 0 Å². The van der Waals surface area contributed by atoms with Gasteiger partial charge < -0.3 is 4.52 Å². The number of hydrogen-bond acceptors (Lipinski definition) is 6. The van der Waals surface area contributed by atoms with Gasteiger partial charge in [-0.25, -0.2) is 0 Å². The van der Waals surface area contributed by atoms with Gasteiger partial charge in [-0.3, -0.25) is 19.4 Å². The summed E-state index contributed by atoms with van der Waals surface area (Å²) in [5.74, 6) is 0.604. The van der Waals surface area contributed by atoms with Crippen LogP contribution in [0.1, 0.15) is 51.3 Å². The molecule has 0 unspecified atom stereocenters. The van der Waals surface area contributed by atoms with Crippen LogP contribution >= 0.6 is 22.9 Å². The standard InChI is InChI=1S/C22H26ClN3O3S/c1-12(2)5-3-10-26-21(27)18-14-6-4-9-25(14)20(19(18)22(26)28)13-11-15(29-24-13)16-7-8-17(23)30-16/h7-8,11-12,14,18-20H,3-6,9-10H2,1-2H3/t14-,18-,19-,20-/m0/s1. The quantitative estimate of drug-likeness (QED) is 0.605. The SMILES string of the molecule is CC(C)CCCN1C(=O)[C@@H]2[C@H](C1=O)[C@H](c1cc(-c3ccc(Cl)s3)on1)N1CCC[C@@H]21. The lowest BCUT2D eigenvalue weighted by atomic mass is 9.86. The summed E-state index contributed by atoms with van der Waals surface area (Å²) in [4.78, 5) is 31.4. The smallest absolute Gasteiger partial charge is 0.235 e. The number of aromatic nitrogens is 1. The van der Waals surface area contributed by atoms with Crippen LogP contribution in [0.4, 0.5) is 0 Å². The molecule has 5 rings (SSSR count). The average Bonchev–Trinajstić information content (AvgIpc) is 3.47. The summed E-state index contributed by atoms with van der Waals surface area (Å²) in [6.45, 7) is 5.75. The maximum Gasteiger partial charge on any atom is 0.235 e. The molecule has 8 heteroatoms. The van der Waals surface area contributed by atoms with Crippen molar-refractivity contribution in [2.45, 2.75) is 51.6 Å². The van der Waals surface area contributed by atoms with Crippen LogP contribution in [0.15, 0.2) is 22.7 Å². The van der Waals surface area contributed by atoms with Crippen molar-refractivity contribution in [1.82, 2.24) is 15.0 Å². The van der Waals surface area contributed by atoms with Gasteiger partial charge in [-0.15, -0.1) is 11.3 Å². The Morgan fingerprint density at radius 2 is 2.07 bits per heavy atom. The number of thiophene rings is 1. The Kier molecular flexibility index (Phi) is 5.24. The predicted octanol–water partition coefficient (Wildman–Crippen LogP) is 4.61. The molecule has 3 saturated heterocycles. The highest BCUT2D eigenvalue weighted by molar-refractivity contribution is 7.19. The molecule has 6 nitrogen and oxygen atoms in total. The van der Waals surface area contributed by atoms with E-state index in [1.807, 2.05) is 18.2 Å². The van der Waals surface area contributed by atoms with E-state index < -0.39 is 0 Å². The number of hydrogen-bond donors (Lipinski definition) is 0. The second-order valence-electron chi connectivity index (χ2n) is 9.03. The predicted molar refractivity (Wildman–Crippen MR) is 115 cm³/mol. The molecule has 3 aliphatic rings. The fraction of sp³-hybridized carbons (Fsp3) is 0.591. The van der Waals surface area contributed by atoms with Crippen LogP contribution in [0.2, 0.25) is 4.34 Å². The second-order valence-corrected chi connectivity index (χ2v) is 10.7. The van der Waals surface area contributed by atoms with Gasteiger partial charge in [0.1, 0.15) is 5.69 Å². The first kappa shape index (κ1) is 20.2. The summed E-state index contributed by atoms with van der Waals surface area (Å²) >= 11 is 7.50. The van der Waals surface area contributed by atoms with Crippen molar-refractivity contribution in [3.05, 3.63) is 28.2 Å². The Hall–Kier alpha value is -1.70. The molecule has 0 radical (unpaired) electrons. The lowest BCUT2D eigenvalue weighted by Gasteiger charge is -2.27. The summed E-state index contributed by atoms with van der Waals surface area (Å²) in [7, 11) is 0. The second kappa shape index (κ2) is 7.77. The van der Waals surface area contributed by atoms with E-state index in [0.29, 0.717) is 22.6 Å². The van der Waals surface area contributed by atoms with E-state index in [0.717, 1.165) is 42.8 Å². The summed E-state index contributed by atoms with van der Waals surface area (Å²) in [6, 6.07) is 5.60. The normalized spacial score (nSPS) is 28.7. The maximum absolute atomic E-state index is 13.4. The van der Waals surface area contributed by atoms with Crippen LogP contribution in [0, 0.1) is 17.8 Å². The van der Waals surface area contributed by atoms with E-state index in [1.165, 1.54) is 16.2 Å². The van der Waals surface area contributed by atoms with Crippen molar-refractivity contribution in [1.29, 1.82) is 0 Å². The monoisotopic (exact) mass is 447 g/mol. The van der Waals surface area contributed by atoms with Gasteiger partial charge in [-0.2, -0.15) is 0 Å². The lowest BCUT2D eigenvalue weighted by Crippen LogP contribution is -2.39. The topological polar surface area (TPSA) is 66.7 Å². The van der Waals surface area contributed by atoms with E-state index in [9.17, 15) is 9.59 Å². The number of carbonyl (C=O) groups excluding carboxylic acids is 2. The van der Waals surface area contributed by atoms with Gasteiger partial charge in [0.15, 0.2) is 5.76 Å². The molecule has 30 heavy (non-hydrogen) atoms. The Bertz CT molecular complexity index is 970. The third-order valence-corrected chi connectivity index (χ3v) is 8.00. The molecule has 3 fully saturated rings. The van der Waals surface area contributed by atoms with Crippen molar-refractivity contribution in [3.8, 4) is 10.6 Å². The summed E-state index contributed by atoms with van der Waals surface area (Å²) in [5.41, 5.74) is 0.749. The number of carbonyl (C=O) groups is 2. The van der Waals surface area contributed by atoms with E-state index in [2.05, 4.69) is 23.9 Å². The van der Waals surface area contributed by atoms with Crippen LogP contribution in [0.5, 0.6) is 0 Å². The number of likely N-dealkylation sites (tertiary alicyclic amines) is 1. The van der Waals surface area contributed by atoms with Gasteiger partial charge in [0, 0.05) is 18.7 Å². The zero-order chi connectivity index (χ0) is 21.0. The van der Waals surface area contributed by atoms with Gasteiger partial charge >= 0.3 is 0 Å². The number of imide groups is 1. The molecule has 5 heterocycles. The van der Waals surface area contributed by atoms with Gasteiger partial charge in [0.05, 0.1) is 27.1 Å². The van der Waals surface area contributed by atoms with E-state index >= 15 is 0 Å². The Morgan fingerprint density at radius 3 is 2.80 bits per heavy atom. The van der Waals surface area contributed by atoms with Crippen molar-refractivity contribution in [2.24, 2.45) is 17.8 Å². The molecule has 4 atom stereocenters. The minimum Gasteiger partial charge on any atom is -0.355 e. The first-order chi connectivity index (χ1) is 14.5. The number of rotatable bonds is 6. The summed E-state index contributed by atoms with van der Waals surface area (Å²) in [5, 5.41) is 4.34. The van der Waals surface area contributed by atoms with E-state index in [-0.39, 0.29) is 35.7 Å². The highest BCUT2D eigenvalue weighted by atomic mass is 35.5. The number of fused-ring (bicyclic) bond motifs is 3. The first-order valence-electron chi connectivity index (χ1n) is 10.8. The Balaban J connectivity index is 1.43. The zero-order valence-electron chi connectivity index (χ0n) is 17.2. The van der Waals surface area contributed by atoms with Gasteiger partial charge in [-0.1, -0.05) is 30.6 Å². The fourth-order valence-electron chi connectivity index (χ4n) is 5.49. The van der Waals surface area contributed by atoms with Gasteiger partial charge in [0.2, 0.25) is 11.8 Å². The molecule has 2 aromatic heterocycles.